The summed E-state index contributed by atoms with van der Waals surface area (Å²) in [5.74, 6) is -0.0712. The maximum Gasteiger partial charge on any atom is 0.154 e. The molecule has 0 spiro atoms. The summed E-state index contributed by atoms with van der Waals surface area (Å²) in [6.07, 6.45) is 1.41. The Morgan fingerprint density at radius 2 is 2.00 bits per heavy atom. The summed E-state index contributed by atoms with van der Waals surface area (Å²) in [7, 11) is 0. The zero-order valence-electron chi connectivity index (χ0n) is 9.16. The number of benzene rings is 1. The maximum absolute atomic E-state index is 11.7. The van der Waals surface area contributed by atoms with Crippen LogP contribution in [0.1, 0.15) is 32.3 Å². The van der Waals surface area contributed by atoms with E-state index in [-0.39, 0.29) is 5.78 Å². The Hall–Kier alpha value is -1.62. The lowest BCUT2D eigenvalue weighted by Gasteiger charge is -2.23. The number of carbonyl (C=O) groups is 1. The van der Waals surface area contributed by atoms with Crippen LogP contribution in [0.2, 0.25) is 0 Å². The summed E-state index contributed by atoms with van der Waals surface area (Å²) >= 11 is 0. The molecule has 15 heavy (non-hydrogen) atoms. The minimum Gasteiger partial charge on any atom is -0.298 e. The molecule has 0 saturated carbocycles. The van der Waals surface area contributed by atoms with Crippen LogP contribution in [-0.4, -0.2) is 5.78 Å². The number of ketones is 1. The summed E-state index contributed by atoms with van der Waals surface area (Å²) in [4.78, 5) is 11.7. The second kappa shape index (κ2) is 4.75. The van der Waals surface area contributed by atoms with E-state index in [4.69, 9.17) is 0 Å². The number of Topliss-reactive ketones (excluding diaryl/α,β-unsaturated/α-hetero) is 1. The van der Waals surface area contributed by atoms with Gasteiger partial charge in [-0.2, -0.15) is 5.26 Å². The van der Waals surface area contributed by atoms with E-state index in [9.17, 15) is 10.1 Å². The molecule has 0 N–H and O–H groups in total. The summed E-state index contributed by atoms with van der Waals surface area (Å²) in [6.45, 7) is 3.48. The van der Waals surface area contributed by atoms with Crippen molar-refractivity contribution in [3.8, 4) is 6.07 Å². The van der Waals surface area contributed by atoms with Gasteiger partial charge >= 0.3 is 0 Å². The fraction of sp³-hybridized carbons (Fsp3) is 0.385. The molecule has 2 heteroatoms. The quantitative estimate of drug-likeness (QED) is 0.751. The van der Waals surface area contributed by atoms with Crippen molar-refractivity contribution < 1.29 is 4.79 Å². The molecule has 0 aliphatic rings. The molecule has 0 heterocycles. The molecule has 0 saturated heterocycles. The highest BCUT2D eigenvalue weighted by Crippen LogP contribution is 2.29. The molecule has 1 aromatic carbocycles. The molecule has 0 bridgehead atoms. The number of nitriles is 1. The van der Waals surface area contributed by atoms with Crippen molar-refractivity contribution >= 4 is 5.78 Å². The Kier molecular flexibility index (Phi) is 3.62. The average molecular weight is 201 g/mol. The van der Waals surface area contributed by atoms with Crippen molar-refractivity contribution in [2.75, 3.05) is 0 Å². The minimum absolute atomic E-state index is 0.0712. The number of carbonyl (C=O) groups excluding carboxylic acids is 1. The van der Waals surface area contributed by atoms with E-state index in [0.717, 1.165) is 12.0 Å². The Morgan fingerprint density at radius 3 is 2.40 bits per heavy atom. The van der Waals surface area contributed by atoms with Crippen molar-refractivity contribution in [2.45, 2.75) is 32.1 Å². The van der Waals surface area contributed by atoms with Crippen LogP contribution in [0.5, 0.6) is 0 Å². The number of rotatable bonds is 4. The monoisotopic (exact) mass is 201 g/mol. The third-order valence-electron chi connectivity index (χ3n) is 2.68. The second-order valence-corrected chi connectivity index (χ2v) is 3.69. The predicted octanol–water partition coefficient (Wildman–Crippen LogP) is 2.84. The first-order valence-corrected chi connectivity index (χ1v) is 5.15. The molecular weight excluding hydrogens is 186 g/mol. The van der Waals surface area contributed by atoms with Crippen molar-refractivity contribution in [1.29, 1.82) is 5.26 Å². The summed E-state index contributed by atoms with van der Waals surface area (Å²) in [6, 6.07) is 11.5. The van der Waals surface area contributed by atoms with Crippen molar-refractivity contribution in [3.63, 3.8) is 0 Å². The normalized spacial score (nSPS) is 13.9. The fourth-order valence-corrected chi connectivity index (χ4v) is 1.82. The number of hydrogen-bond acceptors (Lipinski definition) is 2. The van der Waals surface area contributed by atoms with Crippen LogP contribution in [0.25, 0.3) is 0 Å². The standard InChI is InChI=1S/C13H15NO/c1-3-9-13(10-14,11(2)15)12-7-5-4-6-8-12/h4-8H,3,9H2,1-2H3. The lowest BCUT2D eigenvalue weighted by Crippen LogP contribution is -2.32. The minimum atomic E-state index is -0.948. The SMILES string of the molecule is CCCC(C#N)(C(C)=O)c1ccccc1. The van der Waals surface area contributed by atoms with Crippen molar-refractivity contribution in [1.82, 2.24) is 0 Å². The van der Waals surface area contributed by atoms with Crippen LogP contribution in [0.4, 0.5) is 0 Å². The molecule has 1 atom stereocenters. The zero-order chi connectivity index (χ0) is 11.3. The molecule has 1 aromatic rings. The second-order valence-electron chi connectivity index (χ2n) is 3.69. The highest BCUT2D eigenvalue weighted by atomic mass is 16.1. The Morgan fingerprint density at radius 1 is 1.40 bits per heavy atom. The van der Waals surface area contributed by atoms with Gasteiger partial charge in [-0.05, 0) is 18.9 Å². The van der Waals surface area contributed by atoms with Gasteiger partial charge in [-0.3, -0.25) is 4.79 Å². The third-order valence-corrected chi connectivity index (χ3v) is 2.68. The van der Waals surface area contributed by atoms with Crippen LogP contribution in [0, 0.1) is 11.3 Å². The maximum atomic E-state index is 11.7. The van der Waals surface area contributed by atoms with Gasteiger partial charge in [0.1, 0.15) is 5.41 Å². The third kappa shape index (κ3) is 2.07. The zero-order valence-corrected chi connectivity index (χ0v) is 9.16. The van der Waals surface area contributed by atoms with Gasteiger partial charge in [-0.1, -0.05) is 43.7 Å². The summed E-state index contributed by atoms with van der Waals surface area (Å²) in [5, 5.41) is 9.26. The molecule has 0 radical (unpaired) electrons. The number of hydrogen-bond donors (Lipinski definition) is 0. The Balaban J connectivity index is 3.23. The lowest BCUT2D eigenvalue weighted by atomic mass is 9.75. The summed E-state index contributed by atoms with van der Waals surface area (Å²) in [5.41, 5.74) is -0.141. The van der Waals surface area contributed by atoms with Crippen LogP contribution in [0.15, 0.2) is 30.3 Å². The highest BCUT2D eigenvalue weighted by Gasteiger charge is 2.36. The van der Waals surface area contributed by atoms with Gasteiger partial charge < -0.3 is 0 Å². The highest BCUT2D eigenvalue weighted by molar-refractivity contribution is 5.91. The van der Waals surface area contributed by atoms with Crippen molar-refractivity contribution in [3.05, 3.63) is 35.9 Å². The molecule has 0 aliphatic carbocycles. The number of nitrogens with zero attached hydrogens (tertiary/aromatic N) is 1. The Bertz CT molecular complexity index is 377. The molecule has 78 valence electrons. The first kappa shape index (κ1) is 11.5. The Labute approximate surface area is 90.5 Å². The van der Waals surface area contributed by atoms with Crippen LogP contribution >= 0.6 is 0 Å². The molecule has 1 rings (SSSR count). The van der Waals surface area contributed by atoms with Gasteiger partial charge in [0.05, 0.1) is 6.07 Å². The van der Waals surface area contributed by atoms with E-state index in [1.54, 1.807) is 0 Å². The van der Waals surface area contributed by atoms with Gasteiger partial charge in [0.15, 0.2) is 5.78 Å². The predicted molar refractivity (Wildman–Crippen MR) is 59.3 cm³/mol. The van der Waals surface area contributed by atoms with Gasteiger partial charge in [0.25, 0.3) is 0 Å². The van der Waals surface area contributed by atoms with E-state index in [1.165, 1.54) is 6.92 Å². The van der Waals surface area contributed by atoms with Gasteiger partial charge in [0, 0.05) is 0 Å². The molecule has 0 fully saturated rings. The van der Waals surface area contributed by atoms with Crippen molar-refractivity contribution in [2.24, 2.45) is 0 Å². The first-order valence-electron chi connectivity index (χ1n) is 5.15. The van der Waals surface area contributed by atoms with Crippen LogP contribution in [-0.2, 0) is 10.2 Å². The molecule has 0 aliphatic heterocycles. The van der Waals surface area contributed by atoms with E-state index in [1.807, 2.05) is 37.3 Å². The smallest absolute Gasteiger partial charge is 0.154 e. The van der Waals surface area contributed by atoms with Gasteiger partial charge in [0.2, 0.25) is 0 Å². The van der Waals surface area contributed by atoms with E-state index < -0.39 is 5.41 Å². The van der Waals surface area contributed by atoms with Crippen LogP contribution in [0.3, 0.4) is 0 Å². The first-order chi connectivity index (χ1) is 7.17. The van der Waals surface area contributed by atoms with E-state index >= 15 is 0 Å². The van der Waals surface area contributed by atoms with Gasteiger partial charge in [-0.25, -0.2) is 0 Å². The molecular formula is C13H15NO. The molecule has 0 aromatic heterocycles. The lowest BCUT2D eigenvalue weighted by molar-refractivity contribution is -0.120. The fourth-order valence-electron chi connectivity index (χ4n) is 1.82. The molecule has 0 amide bonds. The van der Waals surface area contributed by atoms with E-state index in [2.05, 4.69) is 6.07 Å². The summed E-state index contributed by atoms with van der Waals surface area (Å²) < 4.78 is 0. The molecule has 1 unspecified atom stereocenters. The largest absolute Gasteiger partial charge is 0.298 e. The van der Waals surface area contributed by atoms with E-state index in [0.29, 0.717) is 6.42 Å². The average Bonchev–Trinajstić information content (AvgIpc) is 2.26. The topological polar surface area (TPSA) is 40.9 Å². The van der Waals surface area contributed by atoms with Gasteiger partial charge in [-0.15, -0.1) is 0 Å². The molecule has 2 nitrogen and oxygen atoms in total. The van der Waals surface area contributed by atoms with Crippen LogP contribution < -0.4 is 0 Å².